The molecule has 0 aliphatic heterocycles. The van der Waals surface area contributed by atoms with Crippen LogP contribution in [0, 0.1) is 0 Å². The molecule has 0 aliphatic carbocycles. The maximum absolute atomic E-state index is 2.29. The second kappa shape index (κ2) is 5.26. The van der Waals surface area contributed by atoms with Crippen molar-refractivity contribution in [2.75, 3.05) is 6.26 Å². The van der Waals surface area contributed by atoms with Crippen LogP contribution in [0.2, 0.25) is 0 Å². The fourth-order valence-electron chi connectivity index (χ4n) is 1.13. The highest BCUT2D eigenvalue weighted by atomic mass is 32.2. The van der Waals surface area contributed by atoms with E-state index in [4.69, 9.17) is 0 Å². The van der Waals surface area contributed by atoms with Crippen molar-refractivity contribution in [3.63, 3.8) is 0 Å². The first-order valence-electron chi connectivity index (χ1n) is 4.39. The highest BCUT2D eigenvalue weighted by molar-refractivity contribution is 7.99. The highest BCUT2D eigenvalue weighted by Gasteiger charge is 1.98. The second-order valence-electron chi connectivity index (χ2n) is 3.07. The van der Waals surface area contributed by atoms with Gasteiger partial charge in [0.2, 0.25) is 0 Å². The van der Waals surface area contributed by atoms with Crippen LogP contribution in [0.15, 0.2) is 30.3 Å². The van der Waals surface area contributed by atoms with Crippen LogP contribution in [0.25, 0.3) is 0 Å². The van der Waals surface area contributed by atoms with E-state index in [0.717, 1.165) is 5.25 Å². The van der Waals surface area contributed by atoms with Gasteiger partial charge in [0.15, 0.2) is 0 Å². The zero-order valence-electron chi connectivity index (χ0n) is 7.79. The summed E-state index contributed by atoms with van der Waals surface area (Å²) in [4.78, 5) is 0. The van der Waals surface area contributed by atoms with E-state index in [0.29, 0.717) is 0 Å². The Morgan fingerprint density at radius 3 is 2.50 bits per heavy atom. The zero-order valence-corrected chi connectivity index (χ0v) is 8.60. The van der Waals surface area contributed by atoms with Gasteiger partial charge in [0, 0.05) is 5.25 Å². The maximum atomic E-state index is 2.29. The Hall–Kier alpha value is -0.430. The molecule has 1 rings (SSSR count). The van der Waals surface area contributed by atoms with E-state index in [2.05, 4.69) is 43.5 Å². The molecule has 0 saturated heterocycles. The molecule has 0 amide bonds. The summed E-state index contributed by atoms with van der Waals surface area (Å²) >= 11 is 1.94. The van der Waals surface area contributed by atoms with Gasteiger partial charge in [-0.25, -0.2) is 0 Å². The minimum Gasteiger partial charge on any atom is -0.162 e. The Bertz CT molecular complexity index is 206. The van der Waals surface area contributed by atoms with E-state index in [1.54, 1.807) is 0 Å². The Morgan fingerprint density at radius 2 is 1.92 bits per heavy atom. The average Bonchev–Trinajstić information content (AvgIpc) is 2.16. The molecule has 0 aliphatic rings. The molecule has 0 N–H and O–H groups in total. The standard InChI is InChI=1S/C11H16S/c1-10(12-2)8-9-11-6-4-3-5-7-11/h3-7,10H,8-9H2,1-2H3. The van der Waals surface area contributed by atoms with Gasteiger partial charge in [-0.2, -0.15) is 11.8 Å². The molecule has 1 aromatic rings. The summed E-state index contributed by atoms with van der Waals surface area (Å²) in [7, 11) is 0. The molecule has 0 fully saturated rings. The number of rotatable bonds is 4. The minimum absolute atomic E-state index is 0.783. The lowest BCUT2D eigenvalue weighted by molar-refractivity contribution is 0.813. The summed E-state index contributed by atoms with van der Waals surface area (Å²) in [6.45, 7) is 2.29. The molecule has 0 bridgehead atoms. The molecule has 1 heteroatoms. The summed E-state index contributed by atoms with van der Waals surface area (Å²) < 4.78 is 0. The van der Waals surface area contributed by atoms with Crippen LogP contribution < -0.4 is 0 Å². The first-order chi connectivity index (χ1) is 5.83. The Balaban J connectivity index is 2.33. The van der Waals surface area contributed by atoms with Gasteiger partial charge >= 0.3 is 0 Å². The van der Waals surface area contributed by atoms with Gasteiger partial charge in [-0.15, -0.1) is 0 Å². The number of benzene rings is 1. The van der Waals surface area contributed by atoms with Crippen molar-refractivity contribution < 1.29 is 0 Å². The molecule has 66 valence electrons. The van der Waals surface area contributed by atoms with Crippen LogP contribution in [0.1, 0.15) is 18.9 Å². The molecule has 0 aromatic heterocycles. The third-order valence-electron chi connectivity index (χ3n) is 2.08. The predicted octanol–water partition coefficient (Wildman–Crippen LogP) is 3.37. The molecule has 0 nitrogen and oxygen atoms in total. The van der Waals surface area contributed by atoms with Gasteiger partial charge in [0.25, 0.3) is 0 Å². The Kier molecular flexibility index (Phi) is 4.23. The second-order valence-corrected chi connectivity index (χ2v) is 4.35. The Labute approximate surface area is 79.4 Å². The van der Waals surface area contributed by atoms with Crippen LogP contribution >= 0.6 is 11.8 Å². The van der Waals surface area contributed by atoms with Crippen molar-refractivity contribution >= 4 is 11.8 Å². The van der Waals surface area contributed by atoms with E-state index < -0.39 is 0 Å². The smallest absolute Gasteiger partial charge is 0.00191 e. The number of aryl methyl sites for hydroxylation is 1. The third-order valence-corrected chi connectivity index (χ3v) is 3.13. The molecule has 0 heterocycles. The summed E-state index contributed by atoms with van der Waals surface area (Å²) in [6.07, 6.45) is 4.67. The number of hydrogen-bond acceptors (Lipinski definition) is 1. The first-order valence-corrected chi connectivity index (χ1v) is 5.68. The fourth-order valence-corrected chi connectivity index (χ4v) is 1.49. The monoisotopic (exact) mass is 180 g/mol. The van der Waals surface area contributed by atoms with E-state index in [-0.39, 0.29) is 0 Å². The van der Waals surface area contributed by atoms with E-state index in [1.165, 1.54) is 18.4 Å². The van der Waals surface area contributed by atoms with Crippen molar-refractivity contribution in [1.29, 1.82) is 0 Å². The average molecular weight is 180 g/mol. The number of thioether (sulfide) groups is 1. The van der Waals surface area contributed by atoms with Crippen LogP contribution in [-0.2, 0) is 6.42 Å². The van der Waals surface area contributed by atoms with Crippen LogP contribution in [0.4, 0.5) is 0 Å². The van der Waals surface area contributed by atoms with Crippen LogP contribution in [-0.4, -0.2) is 11.5 Å². The molecule has 1 aromatic carbocycles. The molecule has 12 heavy (non-hydrogen) atoms. The van der Waals surface area contributed by atoms with E-state index in [1.807, 2.05) is 11.8 Å². The van der Waals surface area contributed by atoms with Crippen LogP contribution in [0.3, 0.4) is 0 Å². The molecule has 0 radical (unpaired) electrons. The van der Waals surface area contributed by atoms with Crippen molar-refractivity contribution in [2.45, 2.75) is 25.0 Å². The molecule has 1 unspecified atom stereocenters. The first kappa shape index (κ1) is 9.66. The SMILES string of the molecule is CSC(C)CCc1ccccc1. The number of hydrogen-bond donors (Lipinski definition) is 0. The molecule has 1 atom stereocenters. The zero-order chi connectivity index (χ0) is 8.81. The summed E-state index contributed by atoms with van der Waals surface area (Å²) in [6, 6.07) is 10.7. The van der Waals surface area contributed by atoms with Gasteiger partial charge in [-0.05, 0) is 24.7 Å². The van der Waals surface area contributed by atoms with Crippen molar-refractivity contribution in [2.24, 2.45) is 0 Å². The van der Waals surface area contributed by atoms with E-state index >= 15 is 0 Å². The van der Waals surface area contributed by atoms with Crippen LogP contribution in [0.5, 0.6) is 0 Å². The summed E-state index contributed by atoms with van der Waals surface area (Å²) in [5.41, 5.74) is 1.46. The predicted molar refractivity (Wildman–Crippen MR) is 57.7 cm³/mol. The quantitative estimate of drug-likeness (QED) is 0.684. The molecular formula is C11H16S. The van der Waals surface area contributed by atoms with Gasteiger partial charge in [-0.1, -0.05) is 37.3 Å². The lowest BCUT2D eigenvalue weighted by atomic mass is 10.1. The third kappa shape index (κ3) is 3.31. The topological polar surface area (TPSA) is 0 Å². The normalized spacial score (nSPS) is 12.8. The molecule has 0 spiro atoms. The van der Waals surface area contributed by atoms with E-state index in [9.17, 15) is 0 Å². The summed E-state index contributed by atoms with van der Waals surface area (Å²) in [5.74, 6) is 0. The minimum atomic E-state index is 0.783. The fraction of sp³-hybridized carbons (Fsp3) is 0.455. The highest BCUT2D eigenvalue weighted by Crippen LogP contribution is 2.13. The summed E-state index contributed by atoms with van der Waals surface area (Å²) in [5, 5.41) is 0.783. The molecule has 0 saturated carbocycles. The largest absolute Gasteiger partial charge is 0.162 e. The van der Waals surface area contributed by atoms with Crippen molar-refractivity contribution in [3.05, 3.63) is 35.9 Å². The maximum Gasteiger partial charge on any atom is 0.00191 e. The van der Waals surface area contributed by atoms with Gasteiger partial charge in [-0.3, -0.25) is 0 Å². The van der Waals surface area contributed by atoms with Gasteiger partial charge in [0.05, 0.1) is 0 Å². The van der Waals surface area contributed by atoms with Crippen molar-refractivity contribution in [3.8, 4) is 0 Å². The Morgan fingerprint density at radius 1 is 1.25 bits per heavy atom. The van der Waals surface area contributed by atoms with Gasteiger partial charge < -0.3 is 0 Å². The molecular weight excluding hydrogens is 164 g/mol. The van der Waals surface area contributed by atoms with Crippen molar-refractivity contribution in [1.82, 2.24) is 0 Å². The van der Waals surface area contributed by atoms with Gasteiger partial charge in [0.1, 0.15) is 0 Å². The lowest BCUT2D eigenvalue weighted by Gasteiger charge is -2.06. The lowest BCUT2D eigenvalue weighted by Crippen LogP contribution is -1.97.